The number of benzene rings is 2. The zero-order valence-corrected chi connectivity index (χ0v) is 23.2. The molecule has 2 aliphatic carbocycles. The molecule has 38 heavy (non-hydrogen) atoms. The second kappa shape index (κ2) is 13.3. The van der Waals surface area contributed by atoms with Crippen LogP contribution < -0.4 is 14.8 Å². The smallest absolute Gasteiger partial charge is 0.224 e. The Bertz CT molecular complexity index is 1030. The van der Waals surface area contributed by atoms with Crippen LogP contribution in [0.3, 0.4) is 0 Å². The van der Waals surface area contributed by atoms with Gasteiger partial charge in [-0.25, -0.2) is 0 Å². The highest BCUT2D eigenvalue weighted by Gasteiger charge is 2.46. The Kier molecular flexibility index (Phi) is 9.84. The molecule has 0 saturated heterocycles. The highest BCUT2D eigenvalue weighted by molar-refractivity contribution is 5.84. The van der Waals surface area contributed by atoms with Gasteiger partial charge in [-0.3, -0.25) is 4.79 Å². The first-order valence-electron chi connectivity index (χ1n) is 14.3. The summed E-state index contributed by atoms with van der Waals surface area (Å²) in [6.07, 6.45) is 8.51. The van der Waals surface area contributed by atoms with E-state index in [1.807, 2.05) is 19.9 Å². The number of methoxy groups -OCH3 is 1. The Morgan fingerprint density at radius 2 is 1.68 bits per heavy atom. The van der Waals surface area contributed by atoms with Crippen LogP contribution in [0.2, 0.25) is 0 Å². The van der Waals surface area contributed by atoms with Crippen molar-refractivity contribution in [2.45, 2.75) is 89.2 Å². The number of hydrogen-bond acceptors (Lipinski definition) is 5. The van der Waals surface area contributed by atoms with Gasteiger partial charge in [0.1, 0.15) is 23.3 Å². The van der Waals surface area contributed by atoms with Crippen molar-refractivity contribution in [3.05, 3.63) is 59.2 Å². The maximum absolute atomic E-state index is 13.6. The van der Waals surface area contributed by atoms with Gasteiger partial charge in [0, 0.05) is 31.4 Å². The van der Waals surface area contributed by atoms with E-state index in [1.165, 1.54) is 11.1 Å². The summed E-state index contributed by atoms with van der Waals surface area (Å²) in [6.45, 7) is 5.16. The van der Waals surface area contributed by atoms with Crippen molar-refractivity contribution in [2.24, 2.45) is 5.92 Å². The molecule has 0 bridgehead atoms. The predicted octanol–water partition coefficient (Wildman–Crippen LogP) is 5.80. The minimum absolute atomic E-state index is 0.0160. The fourth-order valence-electron chi connectivity index (χ4n) is 5.57. The molecule has 2 saturated carbocycles. The molecule has 4 rings (SSSR count). The second-order valence-electron chi connectivity index (χ2n) is 10.8. The molecule has 6 nitrogen and oxygen atoms in total. The molecule has 0 spiro atoms. The van der Waals surface area contributed by atoms with E-state index < -0.39 is 5.54 Å². The summed E-state index contributed by atoms with van der Waals surface area (Å²) in [6, 6.07) is 14.6. The normalized spacial score (nSPS) is 21.3. The number of unbranched alkanes of at least 4 members (excludes halogenated alkanes) is 1. The third-order valence-corrected chi connectivity index (χ3v) is 7.83. The summed E-state index contributed by atoms with van der Waals surface area (Å²) < 4.78 is 17.5. The first-order chi connectivity index (χ1) is 18.5. The van der Waals surface area contributed by atoms with Crippen LogP contribution in [-0.2, 0) is 27.2 Å². The predicted molar refractivity (Wildman–Crippen MR) is 149 cm³/mol. The van der Waals surface area contributed by atoms with Gasteiger partial charge in [-0.15, -0.1) is 0 Å². The summed E-state index contributed by atoms with van der Waals surface area (Å²) in [5.41, 5.74) is 2.70. The van der Waals surface area contributed by atoms with Crippen LogP contribution in [0.25, 0.3) is 0 Å². The van der Waals surface area contributed by atoms with Gasteiger partial charge in [0.2, 0.25) is 5.91 Å². The van der Waals surface area contributed by atoms with Crippen molar-refractivity contribution < 1.29 is 23.8 Å². The van der Waals surface area contributed by atoms with Gasteiger partial charge < -0.3 is 24.3 Å². The molecule has 0 radical (unpaired) electrons. The van der Waals surface area contributed by atoms with Crippen molar-refractivity contribution in [1.29, 1.82) is 0 Å². The number of rotatable bonds is 16. The monoisotopic (exact) mass is 521 g/mol. The maximum Gasteiger partial charge on any atom is 0.224 e. The Morgan fingerprint density at radius 3 is 2.24 bits per heavy atom. The number of carbonyl (C=O) groups excluding carboxylic acids is 2. The van der Waals surface area contributed by atoms with Crippen LogP contribution in [0.15, 0.2) is 42.5 Å². The minimum Gasteiger partial charge on any atom is -0.493 e. The standard InChI is InChI=1S/C32H43NO5/c1-4-37-28-18-24(19-29(38-5-2)30(28)25-15-16-25)17-26(14-10-9-13-23-11-7-6-8-12-23)31(35)33-32(22-34)20-27(21-32)36-3/h6-8,11-12,18-19,22,25-27H,4-5,9-10,13-17,20-21H2,1-3H3,(H,33,35). The highest BCUT2D eigenvalue weighted by Crippen LogP contribution is 2.49. The molecule has 2 aromatic carbocycles. The van der Waals surface area contributed by atoms with Gasteiger partial charge in [0.15, 0.2) is 0 Å². The van der Waals surface area contributed by atoms with Gasteiger partial charge in [-0.2, -0.15) is 0 Å². The van der Waals surface area contributed by atoms with Crippen LogP contribution in [0.5, 0.6) is 11.5 Å². The lowest BCUT2D eigenvalue weighted by molar-refractivity contribution is -0.137. The van der Waals surface area contributed by atoms with Crippen molar-refractivity contribution in [2.75, 3.05) is 20.3 Å². The Hall–Kier alpha value is -2.86. The number of aryl methyl sites for hydroxylation is 1. The third kappa shape index (κ3) is 7.16. The van der Waals surface area contributed by atoms with Gasteiger partial charge in [0.05, 0.1) is 19.3 Å². The van der Waals surface area contributed by atoms with E-state index in [2.05, 4.69) is 41.7 Å². The number of amides is 1. The van der Waals surface area contributed by atoms with E-state index in [1.54, 1.807) is 7.11 Å². The molecule has 1 amide bonds. The molecule has 2 aromatic rings. The second-order valence-corrected chi connectivity index (χ2v) is 10.8. The van der Waals surface area contributed by atoms with E-state index in [-0.39, 0.29) is 17.9 Å². The lowest BCUT2D eigenvalue weighted by atomic mass is 9.74. The molecule has 0 aliphatic heterocycles. The average Bonchev–Trinajstić information content (AvgIpc) is 3.74. The van der Waals surface area contributed by atoms with E-state index in [9.17, 15) is 9.59 Å². The van der Waals surface area contributed by atoms with Gasteiger partial charge in [-0.1, -0.05) is 36.8 Å². The SMILES string of the molecule is CCOc1cc(CC(CCCCc2ccccc2)C(=O)NC2(C=O)CC(OC)C2)cc(OCC)c1C1CC1. The highest BCUT2D eigenvalue weighted by atomic mass is 16.5. The Labute approximate surface area is 227 Å². The molecule has 1 N–H and O–H groups in total. The molecule has 0 aromatic heterocycles. The van der Waals surface area contributed by atoms with E-state index in [0.29, 0.717) is 38.4 Å². The molecule has 206 valence electrons. The first-order valence-corrected chi connectivity index (χ1v) is 14.3. The quantitative estimate of drug-likeness (QED) is 0.223. The van der Waals surface area contributed by atoms with Gasteiger partial charge >= 0.3 is 0 Å². The zero-order valence-electron chi connectivity index (χ0n) is 23.2. The van der Waals surface area contributed by atoms with Crippen LogP contribution in [0, 0.1) is 5.92 Å². The van der Waals surface area contributed by atoms with Gasteiger partial charge in [-0.05, 0) is 81.5 Å². The number of aldehydes is 1. The van der Waals surface area contributed by atoms with Crippen molar-refractivity contribution in [3.63, 3.8) is 0 Å². The summed E-state index contributed by atoms with van der Waals surface area (Å²) in [7, 11) is 1.65. The lowest BCUT2D eigenvalue weighted by Crippen LogP contribution is -2.62. The molecule has 6 heteroatoms. The van der Waals surface area contributed by atoms with E-state index >= 15 is 0 Å². The summed E-state index contributed by atoms with van der Waals surface area (Å²) in [5.74, 6) is 1.94. The molecular weight excluding hydrogens is 478 g/mol. The van der Waals surface area contributed by atoms with Crippen LogP contribution >= 0.6 is 0 Å². The lowest BCUT2D eigenvalue weighted by Gasteiger charge is -2.43. The fraction of sp³-hybridized carbons (Fsp3) is 0.562. The summed E-state index contributed by atoms with van der Waals surface area (Å²) in [5, 5.41) is 3.09. The summed E-state index contributed by atoms with van der Waals surface area (Å²) in [4.78, 5) is 25.5. The van der Waals surface area contributed by atoms with Gasteiger partial charge in [0.25, 0.3) is 0 Å². The number of carbonyl (C=O) groups is 2. The average molecular weight is 522 g/mol. The molecule has 1 unspecified atom stereocenters. The number of ether oxygens (including phenoxy) is 3. The molecule has 2 aliphatic rings. The van der Waals surface area contributed by atoms with Crippen molar-refractivity contribution in [3.8, 4) is 11.5 Å². The van der Waals surface area contributed by atoms with Crippen LogP contribution in [-0.4, -0.2) is 44.2 Å². The molecule has 1 atom stereocenters. The molecule has 2 fully saturated rings. The topological polar surface area (TPSA) is 73.9 Å². The first kappa shape index (κ1) is 28.2. The minimum atomic E-state index is -0.817. The van der Waals surface area contributed by atoms with Crippen molar-refractivity contribution in [1.82, 2.24) is 5.32 Å². The number of nitrogens with one attached hydrogen (secondary N) is 1. The molecule has 0 heterocycles. The third-order valence-electron chi connectivity index (χ3n) is 7.83. The Balaban J connectivity index is 1.51. The maximum atomic E-state index is 13.6. The number of hydrogen-bond donors (Lipinski definition) is 1. The van der Waals surface area contributed by atoms with Crippen LogP contribution in [0.1, 0.15) is 81.4 Å². The summed E-state index contributed by atoms with van der Waals surface area (Å²) >= 11 is 0. The van der Waals surface area contributed by atoms with E-state index in [0.717, 1.165) is 61.9 Å². The molecular formula is C32H43NO5. The zero-order chi connectivity index (χ0) is 27.0. The fourth-order valence-corrected chi connectivity index (χ4v) is 5.57. The van der Waals surface area contributed by atoms with Crippen molar-refractivity contribution >= 4 is 12.2 Å². The van der Waals surface area contributed by atoms with E-state index in [4.69, 9.17) is 14.2 Å². The van der Waals surface area contributed by atoms with Crippen LogP contribution in [0.4, 0.5) is 0 Å². The Morgan fingerprint density at radius 1 is 1.03 bits per heavy atom. The largest absolute Gasteiger partial charge is 0.493 e.